The Kier molecular flexibility index (Phi) is 8.36. The molecular weight excluding hydrogens is 438 g/mol. The number of likely N-dealkylation sites (tertiary alicyclic amines) is 1. The van der Waals surface area contributed by atoms with Crippen molar-refractivity contribution in [1.82, 2.24) is 4.90 Å². The number of methoxy groups -OCH3 is 3. The molecule has 32 heavy (non-hydrogen) atoms. The van der Waals surface area contributed by atoms with Crippen molar-refractivity contribution in [3.63, 3.8) is 0 Å². The highest BCUT2D eigenvalue weighted by atomic mass is 35.5. The van der Waals surface area contributed by atoms with E-state index in [9.17, 15) is 14.8 Å². The number of oxime groups is 1. The Morgan fingerprint density at radius 2 is 1.88 bits per heavy atom. The van der Waals surface area contributed by atoms with E-state index >= 15 is 0 Å². The minimum atomic E-state index is -0.778. The van der Waals surface area contributed by atoms with Crippen molar-refractivity contribution in [1.29, 1.82) is 0 Å². The van der Waals surface area contributed by atoms with E-state index in [2.05, 4.69) is 5.16 Å². The summed E-state index contributed by atoms with van der Waals surface area (Å²) in [6.45, 7) is 5.87. The van der Waals surface area contributed by atoms with E-state index in [1.807, 2.05) is 20.8 Å². The fraction of sp³-hybridized carbons (Fsp3) is 0.591. The molecule has 10 heteroatoms. The average molecular weight is 470 g/mol. The Morgan fingerprint density at radius 3 is 2.38 bits per heavy atom. The predicted octanol–water partition coefficient (Wildman–Crippen LogP) is 2.69. The first-order valence-corrected chi connectivity index (χ1v) is 10.6. The van der Waals surface area contributed by atoms with E-state index in [0.29, 0.717) is 34.2 Å². The van der Waals surface area contributed by atoms with Crippen LogP contribution in [0.2, 0.25) is 5.02 Å². The quantitative estimate of drug-likeness (QED) is 0.272. The summed E-state index contributed by atoms with van der Waals surface area (Å²) in [5.41, 5.74) is 6.51. The first kappa shape index (κ1) is 25.7. The van der Waals surface area contributed by atoms with Crippen LogP contribution in [0.3, 0.4) is 0 Å². The van der Waals surface area contributed by atoms with Gasteiger partial charge in [-0.05, 0) is 30.2 Å². The van der Waals surface area contributed by atoms with Crippen LogP contribution in [0.5, 0.6) is 11.5 Å². The second-order valence-corrected chi connectivity index (χ2v) is 9.32. The summed E-state index contributed by atoms with van der Waals surface area (Å²) in [6.07, 6.45) is 0.623. The second-order valence-electron chi connectivity index (χ2n) is 8.91. The third kappa shape index (κ3) is 5.45. The van der Waals surface area contributed by atoms with Gasteiger partial charge in [0.2, 0.25) is 5.91 Å². The lowest BCUT2D eigenvalue weighted by atomic mass is 9.86. The minimum Gasteiger partial charge on any atom is -0.496 e. The number of hydrogen-bond donors (Lipinski definition) is 2. The van der Waals surface area contributed by atoms with Gasteiger partial charge in [0.25, 0.3) is 0 Å². The molecule has 1 saturated heterocycles. The third-order valence-electron chi connectivity index (χ3n) is 5.73. The smallest absolute Gasteiger partial charge is 0.328 e. The van der Waals surface area contributed by atoms with Gasteiger partial charge in [-0.3, -0.25) is 4.79 Å². The van der Waals surface area contributed by atoms with Crippen molar-refractivity contribution < 1.29 is 29.0 Å². The van der Waals surface area contributed by atoms with Crippen LogP contribution in [-0.4, -0.2) is 67.7 Å². The molecule has 2 rings (SSSR count). The SMILES string of the molecule is COC(=O)[C@@H]1C[C@H](C/C(=N\O)c2cc(Cl)c(OC)cc2OC)CN1C(=O)[C@@H](N)C(C)(C)C. The molecule has 0 spiro atoms. The van der Waals surface area contributed by atoms with E-state index in [0.717, 1.165) is 0 Å². The van der Waals surface area contributed by atoms with Gasteiger partial charge < -0.3 is 30.1 Å². The van der Waals surface area contributed by atoms with Crippen molar-refractivity contribution in [2.45, 2.75) is 45.7 Å². The number of benzene rings is 1. The molecule has 0 saturated carbocycles. The lowest BCUT2D eigenvalue weighted by molar-refractivity contribution is -0.152. The third-order valence-corrected chi connectivity index (χ3v) is 6.03. The van der Waals surface area contributed by atoms with E-state index in [4.69, 9.17) is 31.5 Å². The maximum absolute atomic E-state index is 13.1. The summed E-state index contributed by atoms with van der Waals surface area (Å²) in [4.78, 5) is 26.9. The monoisotopic (exact) mass is 469 g/mol. The summed E-state index contributed by atoms with van der Waals surface area (Å²) in [7, 11) is 4.26. The van der Waals surface area contributed by atoms with Gasteiger partial charge in [-0.1, -0.05) is 37.5 Å². The van der Waals surface area contributed by atoms with Gasteiger partial charge in [0.1, 0.15) is 17.5 Å². The molecule has 1 aromatic carbocycles. The van der Waals surface area contributed by atoms with E-state index in [-0.39, 0.29) is 24.8 Å². The van der Waals surface area contributed by atoms with Gasteiger partial charge >= 0.3 is 5.97 Å². The van der Waals surface area contributed by atoms with Crippen LogP contribution in [0.1, 0.15) is 39.2 Å². The molecule has 178 valence electrons. The number of nitrogens with two attached hydrogens (primary N) is 1. The van der Waals surface area contributed by atoms with Crippen LogP contribution in [-0.2, 0) is 14.3 Å². The second kappa shape index (κ2) is 10.4. The highest BCUT2D eigenvalue weighted by Crippen LogP contribution is 2.36. The molecule has 1 fully saturated rings. The van der Waals surface area contributed by atoms with Crippen LogP contribution < -0.4 is 15.2 Å². The Hall–Kier alpha value is -2.52. The molecule has 1 amide bonds. The normalized spacial score (nSPS) is 20.1. The molecule has 0 bridgehead atoms. The largest absolute Gasteiger partial charge is 0.496 e. The van der Waals surface area contributed by atoms with Gasteiger partial charge in [-0.2, -0.15) is 0 Å². The van der Waals surface area contributed by atoms with Gasteiger partial charge in [0, 0.05) is 18.2 Å². The first-order chi connectivity index (χ1) is 15.0. The molecule has 0 unspecified atom stereocenters. The summed E-state index contributed by atoms with van der Waals surface area (Å²) in [5.74, 6) is -0.155. The Bertz CT molecular complexity index is 883. The molecule has 9 nitrogen and oxygen atoms in total. The van der Waals surface area contributed by atoms with E-state index in [1.165, 1.54) is 26.2 Å². The summed E-state index contributed by atoms with van der Waals surface area (Å²) in [6, 6.07) is 1.67. The highest BCUT2D eigenvalue weighted by molar-refractivity contribution is 6.32. The number of amides is 1. The topological polar surface area (TPSA) is 124 Å². The molecule has 1 aliphatic rings. The van der Waals surface area contributed by atoms with Gasteiger partial charge in [-0.15, -0.1) is 0 Å². The van der Waals surface area contributed by atoms with E-state index in [1.54, 1.807) is 12.1 Å². The molecule has 1 heterocycles. The van der Waals surface area contributed by atoms with Crippen LogP contribution in [0.4, 0.5) is 0 Å². The van der Waals surface area contributed by atoms with Gasteiger partial charge in [-0.25, -0.2) is 4.79 Å². The summed E-state index contributed by atoms with van der Waals surface area (Å²) < 4.78 is 15.5. The number of nitrogens with zero attached hydrogens (tertiary/aromatic N) is 2. The summed E-state index contributed by atoms with van der Waals surface area (Å²) in [5, 5.41) is 13.5. The van der Waals surface area contributed by atoms with Crippen molar-refractivity contribution in [3.8, 4) is 11.5 Å². The first-order valence-electron chi connectivity index (χ1n) is 10.2. The van der Waals surface area contributed by atoms with Crippen LogP contribution in [0.15, 0.2) is 17.3 Å². The number of halogens is 1. The van der Waals surface area contributed by atoms with Crippen LogP contribution >= 0.6 is 11.6 Å². The van der Waals surface area contributed by atoms with Crippen molar-refractivity contribution in [2.24, 2.45) is 22.2 Å². The van der Waals surface area contributed by atoms with Crippen LogP contribution in [0.25, 0.3) is 0 Å². The van der Waals surface area contributed by atoms with Gasteiger partial charge in [0.15, 0.2) is 0 Å². The molecular formula is C22H32ClN3O6. The Morgan fingerprint density at radius 1 is 1.25 bits per heavy atom. The number of ether oxygens (including phenoxy) is 3. The van der Waals surface area contributed by atoms with E-state index < -0.39 is 23.5 Å². The number of rotatable bonds is 7. The molecule has 3 atom stereocenters. The van der Waals surface area contributed by atoms with Crippen molar-refractivity contribution >= 4 is 29.2 Å². The highest BCUT2D eigenvalue weighted by Gasteiger charge is 2.44. The zero-order valence-electron chi connectivity index (χ0n) is 19.3. The molecule has 1 aromatic rings. The molecule has 3 N–H and O–H groups in total. The lowest BCUT2D eigenvalue weighted by Gasteiger charge is -2.32. The van der Waals surface area contributed by atoms with Crippen LogP contribution in [0, 0.1) is 11.3 Å². The predicted molar refractivity (Wildman–Crippen MR) is 121 cm³/mol. The Labute approximate surface area is 193 Å². The minimum absolute atomic E-state index is 0.174. The molecule has 1 aliphatic heterocycles. The Balaban J connectivity index is 2.31. The fourth-order valence-corrected chi connectivity index (χ4v) is 4.03. The number of carbonyl (C=O) groups is 2. The maximum atomic E-state index is 13.1. The molecule has 0 radical (unpaired) electrons. The number of carbonyl (C=O) groups excluding carboxylic acids is 2. The number of esters is 1. The summed E-state index contributed by atoms with van der Waals surface area (Å²) >= 11 is 6.26. The fourth-order valence-electron chi connectivity index (χ4n) is 3.79. The zero-order valence-corrected chi connectivity index (χ0v) is 20.1. The van der Waals surface area contributed by atoms with Gasteiger partial charge in [0.05, 0.1) is 38.1 Å². The van der Waals surface area contributed by atoms with Crippen molar-refractivity contribution in [2.75, 3.05) is 27.9 Å². The lowest BCUT2D eigenvalue weighted by Crippen LogP contribution is -2.53. The van der Waals surface area contributed by atoms with Crippen molar-refractivity contribution in [3.05, 3.63) is 22.7 Å². The molecule has 0 aliphatic carbocycles. The standard InChI is InChI=1S/C22H32ClN3O6/c1-22(2,3)19(24)20(27)26-11-12(8-16(26)21(28)32-6)7-15(25-29)13-9-14(23)18(31-5)10-17(13)30-4/h9-10,12,16,19,29H,7-8,11,24H2,1-6H3/b25-15+/t12-,16-,19+/m0/s1. The zero-order chi connectivity index (χ0) is 24.2. The molecule has 0 aromatic heterocycles. The average Bonchev–Trinajstić information content (AvgIpc) is 3.18. The maximum Gasteiger partial charge on any atom is 0.328 e. The number of hydrogen-bond acceptors (Lipinski definition) is 8.